The third-order valence-electron chi connectivity index (χ3n) is 1.57. The Morgan fingerprint density at radius 3 is 2.80 bits per heavy atom. The SMILES string of the molecule is O=NNCCNc1ccc([N+](=O)[O-])nc1. The monoisotopic (exact) mass is 211 g/mol. The van der Waals surface area contributed by atoms with Gasteiger partial charge in [0.2, 0.25) is 0 Å². The number of rotatable bonds is 6. The van der Waals surface area contributed by atoms with E-state index in [1.165, 1.54) is 12.3 Å². The van der Waals surface area contributed by atoms with Crippen molar-refractivity contribution in [1.29, 1.82) is 0 Å². The van der Waals surface area contributed by atoms with Crippen molar-refractivity contribution in [3.8, 4) is 0 Å². The van der Waals surface area contributed by atoms with Crippen LogP contribution in [0.1, 0.15) is 0 Å². The number of aromatic nitrogens is 1. The molecule has 0 spiro atoms. The van der Waals surface area contributed by atoms with Gasteiger partial charge in [-0.15, -0.1) is 4.91 Å². The summed E-state index contributed by atoms with van der Waals surface area (Å²) in [7, 11) is 0. The van der Waals surface area contributed by atoms with E-state index in [1.54, 1.807) is 6.07 Å². The second kappa shape index (κ2) is 5.47. The number of anilines is 1. The van der Waals surface area contributed by atoms with Gasteiger partial charge >= 0.3 is 5.82 Å². The van der Waals surface area contributed by atoms with Gasteiger partial charge in [0.25, 0.3) is 0 Å². The number of nitroso groups, excluding NO2 is 1. The molecule has 0 saturated carbocycles. The van der Waals surface area contributed by atoms with E-state index in [4.69, 9.17) is 0 Å². The fraction of sp³-hybridized carbons (Fsp3) is 0.286. The largest absolute Gasteiger partial charge is 0.380 e. The quantitative estimate of drug-likeness (QED) is 0.310. The lowest BCUT2D eigenvalue weighted by Crippen LogP contribution is -2.16. The predicted octanol–water partition coefficient (Wildman–Crippen LogP) is 0.673. The molecule has 1 heterocycles. The summed E-state index contributed by atoms with van der Waals surface area (Å²) in [5.41, 5.74) is 2.87. The van der Waals surface area contributed by atoms with Gasteiger partial charge in [0.05, 0.1) is 12.2 Å². The average molecular weight is 211 g/mol. The molecule has 0 radical (unpaired) electrons. The molecule has 0 fully saturated rings. The zero-order chi connectivity index (χ0) is 11.1. The molecule has 0 unspecified atom stereocenters. The van der Waals surface area contributed by atoms with Crippen LogP contribution in [-0.2, 0) is 0 Å². The van der Waals surface area contributed by atoms with E-state index in [2.05, 4.69) is 21.0 Å². The van der Waals surface area contributed by atoms with Gasteiger partial charge in [-0.2, -0.15) is 0 Å². The maximum Gasteiger partial charge on any atom is 0.363 e. The summed E-state index contributed by atoms with van der Waals surface area (Å²) in [6, 6.07) is 2.84. The van der Waals surface area contributed by atoms with Crippen molar-refractivity contribution in [3.05, 3.63) is 33.4 Å². The molecule has 15 heavy (non-hydrogen) atoms. The van der Waals surface area contributed by atoms with Crippen LogP contribution in [0.15, 0.2) is 23.6 Å². The molecular weight excluding hydrogens is 202 g/mol. The highest BCUT2D eigenvalue weighted by atomic mass is 16.6. The second-order valence-corrected chi connectivity index (χ2v) is 2.59. The number of nitrogens with one attached hydrogen (secondary N) is 2. The zero-order valence-electron chi connectivity index (χ0n) is 7.71. The van der Waals surface area contributed by atoms with Crippen molar-refractivity contribution >= 4 is 11.5 Å². The average Bonchev–Trinajstić information content (AvgIpc) is 2.25. The van der Waals surface area contributed by atoms with E-state index in [9.17, 15) is 15.0 Å². The van der Waals surface area contributed by atoms with Crippen molar-refractivity contribution < 1.29 is 4.92 Å². The summed E-state index contributed by atoms with van der Waals surface area (Å²) in [6.07, 6.45) is 1.35. The Morgan fingerprint density at radius 1 is 1.47 bits per heavy atom. The first-order valence-corrected chi connectivity index (χ1v) is 4.13. The van der Waals surface area contributed by atoms with Gasteiger partial charge in [-0.1, -0.05) is 0 Å². The lowest BCUT2D eigenvalue weighted by Gasteiger charge is -2.02. The van der Waals surface area contributed by atoms with Gasteiger partial charge in [0, 0.05) is 17.9 Å². The van der Waals surface area contributed by atoms with Gasteiger partial charge in [0.15, 0.2) is 6.20 Å². The minimum Gasteiger partial charge on any atom is -0.380 e. The molecule has 0 amide bonds. The Kier molecular flexibility index (Phi) is 3.95. The lowest BCUT2D eigenvalue weighted by molar-refractivity contribution is -0.389. The normalized spacial score (nSPS) is 9.33. The minimum atomic E-state index is -0.568. The summed E-state index contributed by atoms with van der Waals surface area (Å²) in [5, 5.41) is 15.6. The Bertz CT molecular complexity index is 339. The second-order valence-electron chi connectivity index (χ2n) is 2.59. The van der Waals surface area contributed by atoms with Gasteiger partial charge in [-0.05, 0) is 16.0 Å². The van der Waals surface area contributed by atoms with E-state index < -0.39 is 4.92 Å². The Balaban J connectivity index is 2.42. The number of hydrogen-bond donors (Lipinski definition) is 2. The van der Waals surface area contributed by atoms with Gasteiger partial charge < -0.3 is 15.4 Å². The first-order chi connectivity index (χ1) is 7.24. The Morgan fingerprint density at radius 2 is 2.27 bits per heavy atom. The van der Waals surface area contributed by atoms with Crippen LogP contribution < -0.4 is 10.7 Å². The van der Waals surface area contributed by atoms with Crippen molar-refractivity contribution in [1.82, 2.24) is 10.4 Å². The minimum absolute atomic E-state index is 0.201. The van der Waals surface area contributed by atoms with Gasteiger partial charge in [-0.25, -0.2) is 0 Å². The third-order valence-corrected chi connectivity index (χ3v) is 1.57. The molecule has 0 bridgehead atoms. The van der Waals surface area contributed by atoms with Crippen LogP contribution >= 0.6 is 0 Å². The van der Waals surface area contributed by atoms with Crippen LogP contribution in [0.5, 0.6) is 0 Å². The molecule has 1 aromatic rings. The maximum atomic E-state index is 10.3. The molecule has 0 aromatic carbocycles. The van der Waals surface area contributed by atoms with Crippen LogP contribution in [0.2, 0.25) is 0 Å². The lowest BCUT2D eigenvalue weighted by atomic mass is 10.4. The summed E-state index contributed by atoms with van der Waals surface area (Å²) in [4.78, 5) is 23.0. The summed E-state index contributed by atoms with van der Waals surface area (Å²) >= 11 is 0. The van der Waals surface area contributed by atoms with E-state index in [0.717, 1.165) is 0 Å². The highest BCUT2D eigenvalue weighted by Gasteiger charge is 2.05. The molecule has 0 aliphatic carbocycles. The molecule has 0 aliphatic rings. The fourth-order valence-corrected chi connectivity index (χ4v) is 0.907. The first-order valence-electron chi connectivity index (χ1n) is 4.13. The highest BCUT2D eigenvalue weighted by Crippen LogP contribution is 2.10. The van der Waals surface area contributed by atoms with E-state index in [0.29, 0.717) is 18.8 Å². The smallest absolute Gasteiger partial charge is 0.363 e. The number of nitro groups is 1. The Labute approximate surface area is 84.8 Å². The molecule has 80 valence electrons. The predicted molar refractivity (Wildman–Crippen MR) is 53.2 cm³/mol. The highest BCUT2D eigenvalue weighted by molar-refractivity contribution is 5.43. The van der Waals surface area contributed by atoms with Crippen LogP contribution in [0, 0.1) is 15.0 Å². The summed E-state index contributed by atoms with van der Waals surface area (Å²) in [6.45, 7) is 0.853. The van der Waals surface area contributed by atoms with Gasteiger partial charge in [0.1, 0.15) is 0 Å². The molecule has 1 aromatic heterocycles. The molecule has 8 nitrogen and oxygen atoms in total. The first kappa shape index (κ1) is 10.8. The Hall–Kier alpha value is -2.25. The van der Waals surface area contributed by atoms with E-state index in [-0.39, 0.29) is 5.82 Å². The van der Waals surface area contributed by atoms with Crippen LogP contribution in [0.4, 0.5) is 11.5 Å². The maximum absolute atomic E-state index is 10.3. The molecule has 8 heteroatoms. The fourth-order valence-electron chi connectivity index (χ4n) is 0.907. The van der Waals surface area contributed by atoms with E-state index >= 15 is 0 Å². The van der Waals surface area contributed by atoms with Crippen molar-refractivity contribution in [2.45, 2.75) is 0 Å². The number of nitrogens with zero attached hydrogens (tertiary/aromatic N) is 3. The zero-order valence-corrected chi connectivity index (χ0v) is 7.71. The molecular formula is C7H9N5O3. The molecule has 0 aliphatic heterocycles. The molecule has 1 rings (SSSR count). The molecule has 2 N–H and O–H groups in total. The van der Waals surface area contributed by atoms with Crippen LogP contribution in [0.3, 0.4) is 0 Å². The van der Waals surface area contributed by atoms with Gasteiger partial charge in [-0.3, -0.25) is 5.43 Å². The standard InChI is InChI=1S/C7H9N5O3/c13-11-10-4-3-8-6-1-2-7(9-5-6)12(14)15/h1-2,5,8H,3-4H2,(H,10,13). The molecule has 0 saturated heterocycles. The summed E-state index contributed by atoms with van der Waals surface area (Å²) in [5.74, 6) is -0.201. The van der Waals surface area contributed by atoms with Crippen molar-refractivity contribution in [3.63, 3.8) is 0 Å². The summed E-state index contributed by atoms with van der Waals surface area (Å²) < 4.78 is 0. The van der Waals surface area contributed by atoms with Crippen LogP contribution in [0.25, 0.3) is 0 Å². The molecule has 0 atom stereocenters. The topological polar surface area (TPSA) is 110 Å². The van der Waals surface area contributed by atoms with Crippen molar-refractivity contribution in [2.24, 2.45) is 5.29 Å². The van der Waals surface area contributed by atoms with E-state index in [1.807, 2.05) is 0 Å². The number of hydrogen-bond acceptors (Lipinski definition) is 6. The van der Waals surface area contributed by atoms with Crippen molar-refractivity contribution in [2.75, 3.05) is 18.4 Å². The van der Waals surface area contributed by atoms with Crippen LogP contribution in [-0.4, -0.2) is 23.0 Å². The third kappa shape index (κ3) is 3.55. The number of pyridine rings is 1.